The fourth-order valence-electron chi connectivity index (χ4n) is 2.99. The summed E-state index contributed by atoms with van der Waals surface area (Å²) in [6.45, 7) is 0.316. The zero-order valence-corrected chi connectivity index (χ0v) is 15.9. The van der Waals surface area contributed by atoms with Crippen molar-refractivity contribution in [1.82, 2.24) is 9.97 Å². The lowest BCUT2D eigenvalue weighted by molar-refractivity contribution is 0.0995. The van der Waals surface area contributed by atoms with Gasteiger partial charge in [0.1, 0.15) is 24.1 Å². The number of aromatic nitrogens is 2. The Hall–Kier alpha value is -4.44. The van der Waals surface area contributed by atoms with Gasteiger partial charge in [0, 0.05) is 18.0 Å². The number of anilines is 2. The standard InChI is InChI=1S/C23H17N5O2/c24-13-18-7-8-19(27-23-26-10-9-20(28-23)22(25)29)12-21(18)30-14-15-5-6-16-3-1-2-4-17(16)11-15/h1-12H,14H2,(H2,25,29)(H,26,27,28). The van der Waals surface area contributed by atoms with Crippen LogP contribution in [0.2, 0.25) is 0 Å². The summed E-state index contributed by atoms with van der Waals surface area (Å²) in [5, 5.41) is 14.7. The highest BCUT2D eigenvalue weighted by molar-refractivity contribution is 5.91. The van der Waals surface area contributed by atoms with Gasteiger partial charge >= 0.3 is 0 Å². The number of nitriles is 1. The van der Waals surface area contributed by atoms with Gasteiger partial charge in [0.15, 0.2) is 0 Å². The van der Waals surface area contributed by atoms with E-state index in [-0.39, 0.29) is 11.6 Å². The van der Waals surface area contributed by atoms with Gasteiger partial charge in [-0.15, -0.1) is 0 Å². The summed E-state index contributed by atoms with van der Waals surface area (Å²) in [4.78, 5) is 19.4. The summed E-state index contributed by atoms with van der Waals surface area (Å²) in [6, 6.07) is 22.8. The highest BCUT2D eigenvalue weighted by atomic mass is 16.5. The molecular formula is C23H17N5O2. The average Bonchev–Trinajstić information content (AvgIpc) is 2.78. The van der Waals surface area contributed by atoms with Crippen molar-refractivity contribution in [3.63, 3.8) is 0 Å². The molecule has 4 rings (SSSR count). The first-order valence-electron chi connectivity index (χ1n) is 9.17. The second-order valence-electron chi connectivity index (χ2n) is 6.55. The Bertz CT molecular complexity index is 1280. The van der Waals surface area contributed by atoms with Gasteiger partial charge in [0.2, 0.25) is 5.95 Å². The zero-order chi connectivity index (χ0) is 20.9. The number of nitrogens with one attached hydrogen (secondary N) is 1. The molecule has 0 unspecified atom stereocenters. The largest absolute Gasteiger partial charge is 0.487 e. The molecule has 0 saturated heterocycles. The summed E-state index contributed by atoms with van der Waals surface area (Å²) >= 11 is 0. The molecular weight excluding hydrogens is 378 g/mol. The molecule has 7 heteroatoms. The first-order chi connectivity index (χ1) is 14.6. The molecule has 7 nitrogen and oxygen atoms in total. The predicted molar refractivity (Wildman–Crippen MR) is 113 cm³/mol. The minimum Gasteiger partial charge on any atom is -0.487 e. The maximum atomic E-state index is 11.3. The molecule has 0 bridgehead atoms. The number of amides is 1. The van der Waals surface area contributed by atoms with E-state index in [4.69, 9.17) is 10.5 Å². The molecule has 0 aliphatic heterocycles. The summed E-state index contributed by atoms with van der Waals surface area (Å²) in [5.74, 6) is 0.0119. The Morgan fingerprint density at radius 2 is 1.90 bits per heavy atom. The number of rotatable bonds is 6. The van der Waals surface area contributed by atoms with Crippen molar-refractivity contribution in [1.29, 1.82) is 5.26 Å². The molecule has 1 amide bonds. The molecule has 4 aromatic rings. The van der Waals surface area contributed by atoms with Gasteiger partial charge in [-0.1, -0.05) is 36.4 Å². The molecule has 146 valence electrons. The molecule has 0 spiro atoms. The topological polar surface area (TPSA) is 114 Å². The van der Waals surface area contributed by atoms with Gasteiger partial charge in [0.25, 0.3) is 5.91 Å². The Morgan fingerprint density at radius 3 is 2.70 bits per heavy atom. The van der Waals surface area contributed by atoms with Crippen molar-refractivity contribution < 1.29 is 9.53 Å². The third kappa shape index (κ3) is 4.18. The van der Waals surface area contributed by atoms with E-state index < -0.39 is 5.91 Å². The molecule has 0 radical (unpaired) electrons. The second-order valence-corrected chi connectivity index (χ2v) is 6.55. The van der Waals surface area contributed by atoms with E-state index >= 15 is 0 Å². The van der Waals surface area contributed by atoms with Gasteiger partial charge in [-0.25, -0.2) is 9.97 Å². The first kappa shape index (κ1) is 18.9. The van der Waals surface area contributed by atoms with Crippen molar-refractivity contribution in [3.8, 4) is 11.8 Å². The van der Waals surface area contributed by atoms with Crippen LogP contribution in [0.5, 0.6) is 5.75 Å². The molecule has 0 saturated carbocycles. The number of primary amides is 1. The average molecular weight is 395 g/mol. The smallest absolute Gasteiger partial charge is 0.267 e. The number of carbonyl (C=O) groups excluding carboxylic acids is 1. The zero-order valence-electron chi connectivity index (χ0n) is 15.9. The highest BCUT2D eigenvalue weighted by Crippen LogP contribution is 2.26. The fraction of sp³-hybridized carbons (Fsp3) is 0.0435. The number of carbonyl (C=O) groups is 1. The molecule has 0 aliphatic carbocycles. The van der Waals surface area contributed by atoms with Crippen molar-refractivity contribution in [2.75, 3.05) is 5.32 Å². The minimum absolute atomic E-state index is 0.105. The van der Waals surface area contributed by atoms with E-state index in [0.717, 1.165) is 16.3 Å². The van der Waals surface area contributed by atoms with Crippen molar-refractivity contribution >= 4 is 28.3 Å². The van der Waals surface area contributed by atoms with Crippen LogP contribution in [-0.2, 0) is 6.61 Å². The Morgan fingerprint density at radius 1 is 1.07 bits per heavy atom. The van der Waals surface area contributed by atoms with Crippen molar-refractivity contribution in [2.45, 2.75) is 6.61 Å². The molecule has 0 aliphatic rings. The van der Waals surface area contributed by atoms with Gasteiger partial charge in [0.05, 0.1) is 5.56 Å². The predicted octanol–water partition coefficient (Wildman–Crippen LogP) is 3.92. The maximum Gasteiger partial charge on any atom is 0.267 e. The highest BCUT2D eigenvalue weighted by Gasteiger charge is 2.09. The van der Waals surface area contributed by atoms with Crippen LogP contribution in [0.3, 0.4) is 0 Å². The summed E-state index contributed by atoms with van der Waals surface area (Å²) in [7, 11) is 0. The molecule has 0 atom stereocenters. The van der Waals surface area contributed by atoms with E-state index in [1.165, 1.54) is 12.3 Å². The van der Waals surface area contributed by atoms with Gasteiger partial charge in [-0.2, -0.15) is 5.26 Å². The minimum atomic E-state index is -0.639. The van der Waals surface area contributed by atoms with Crippen molar-refractivity contribution in [2.24, 2.45) is 5.73 Å². The first-order valence-corrected chi connectivity index (χ1v) is 9.17. The second kappa shape index (κ2) is 8.29. The van der Waals surface area contributed by atoms with Crippen LogP contribution >= 0.6 is 0 Å². The van der Waals surface area contributed by atoms with E-state index in [1.54, 1.807) is 18.2 Å². The van der Waals surface area contributed by atoms with Crippen LogP contribution < -0.4 is 15.8 Å². The Labute approximate surface area is 172 Å². The molecule has 3 aromatic carbocycles. The number of hydrogen-bond acceptors (Lipinski definition) is 6. The summed E-state index contributed by atoms with van der Waals surface area (Å²) in [5.41, 5.74) is 7.38. The van der Waals surface area contributed by atoms with Crippen LogP contribution in [0.4, 0.5) is 11.6 Å². The fourth-order valence-corrected chi connectivity index (χ4v) is 2.99. The molecule has 1 heterocycles. The molecule has 0 fully saturated rings. The van der Waals surface area contributed by atoms with E-state index in [1.807, 2.05) is 30.3 Å². The number of fused-ring (bicyclic) bond motifs is 1. The lowest BCUT2D eigenvalue weighted by atomic mass is 10.1. The van der Waals surface area contributed by atoms with Crippen LogP contribution in [-0.4, -0.2) is 15.9 Å². The van der Waals surface area contributed by atoms with Crippen LogP contribution in [0.1, 0.15) is 21.6 Å². The number of ether oxygens (including phenoxy) is 1. The number of benzene rings is 3. The van der Waals surface area contributed by atoms with E-state index in [2.05, 4.69) is 33.5 Å². The lowest BCUT2D eigenvalue weighted by Crippen LogP contribution is -2.14. The van der Waals surface area contributed by atoms with Gasteiger partial charge in [-0.05, 0) is 40.6 Å². The Kier molecular flexibility index (Phi) is 5.22. The van der Waals surface area contributed by atoms with Gasteiger partial charge < -0.3 is 15.8 Å². The maximum absolute atomic E-state index is 11.3. The number of nitrogens with two attached hydrogens (primary N) is 1. The van der Waals surface area contributed by atoms with Gasteiger partial charge in [-0.3, -0.25) is 4.79 Å². The van der Waals surface area contributed by atoms with Crippen LogP contribution in [0.15, 0.2) is 72.9 Å². The lowest BCUT2D eigenvalue weighted by Gasteiger charge is -2.11. The summed E-state index contributed by atoms with van der Waals surface area (Å²) < 4.78 is 5.93. The summed E-state index contributed by atoms with van der Waals surface area (Å²) in [6.07, 6.45) is 1.44. The molecule has 30 heavy (non-hydrogen) atoms. The quantitative estimate of drug-likeness (QED) is 0.511. The van der Waals surface area contributed by atoms with Crippen molar-refractivity contribution in [3.05, 3.63) is 89.7 Å². The van der Waals surface area contributed by atoms with E-state index in [9.17, 15) is 10.1 Å². The molecule has 1 aromatic heterocycles. The third-order valence-corrected chi connectivity index (χ3v) is 4.47. The number of nitrogens with zero attached hydrogens (tertiary/aromatic N) is 3. The van der Waals surface area contributed by atoms with Crippen LogP contribution in [0.25, 0.3) is 10.8 Å². The number of hydrogen-bond donors (Lipinski definition) is 2. The third-order valence-electron chi connectivity index (χ3n) is 4.47. The normalized spacial score (nSPS) is 10.4. The van der Waals surface area contributed by atoms with E-state index in [0.29, 0.717) is 23.6 Å². The molecule has 3 N–H and O–H groups in total. The Balaban J connectivity index is 1.54. The van der Waals surface area contributed by atoms with Crippen LogP contribution in [0, 0.1) is 11.3 Å². The monoisotopic (exact) mass is 395 g/mol. The SMILES string of the molecule is N#Cc1ccc(Nc2nccc(C(N)=O)n2)cc1OCc1ccc2ccccc2c1.